The van der Waals surface area contributed by atoms with Crippen LogP contribution in [0.2, 0.25) is 5.02 Å². The van der Waals surface area contributed by atoms with E-state index in [2.05, 4.69) is 24.0 Å². The molecule has 0 saturated carbocycles. The predicted octanol–water partition coefficient (Wildman–Crippen LogP) is 5.07. The van der Waals surface area contributed by atoms with Crippen molar-refractivity contribution in [3.63, 3.8) is 0 Å². The van der Waals surface area contributed by atoms with Gasteiger partial charge in [-0.05, 0) is 69.1 Å². The number of carbonyl (C=O) groups is 1. The molecule has 1 aromatic carbocycles. The van der Waals surface area contributed by atoms with Crippen molar-refractivity contribution < 1.29 is 9.90 Å². The first-order valence-electron chi connectivity index (χ1n) is 8.83. The highest BCUT2D eigenvalue weighted by molar-refractivity contribution is 6.33. The highest BCUT2D eigenvalue weighted by Gasteiger charge is 2.37. The van der Waals surface area contributed by atoms with E-state index >= 15 is 0 Å². The Morgan fingerprint density at radius 3 is 2.58 bits per heavy atom. The van der Waals surface area contributed by atoms with Gasteiger partial charge in [0.2, 0.25) is 0 Å². The van der Waals surface area contributed by atoms with Gasteiger partial charge in [0.25, 0.3) is 0 Å². The molecule has 130 valence electrons. The summed E-state index contributed by atoms with van der Waals surface area (Å²) in [4.78, 5) is 13.6. The summed E-state index contributed by atoms with van der Waals surface area (Å²) in [7, 11) is 0. The molecule has 1 saturated heterocycles. The van der Waals surface area contributed by atoms with Crippen molar-refractivity contribution in [2.24, 2.45) is 11.3 Å². The van der Waals surface area contributed by atoms with Crippen LogP contribution in [-0.4, -0.2) is 24.2 Å². The van der Waals surface area contributed by atoms with Crippen molar-refractivity contribution in [3.8, 4) is 0 Å². The average Bonchev–Trinajstić information content (AvgIpc) is 2.58. The van der Waals surface area contributed by atoms with E-state index in [-0.39, 0.29) is 5.92 Å². The second kappa shape index (κ2) is 6.79. The van der Waals surface area contributed by atoms with Gasteiger partial charge in [0, 0.05) is 13.1 Å². The second-order valence-corrected chi connectivity index (χ2v) is 7.89. The van der Waals surface area contributed by atoms with Gasteiger partial charge < -0.3 is 10.0 Å². The molecule has 24 heavy (non-hydrogen) atoms. The van der Waals surface area contributed by atoms with E-state index in [1.54, 1.807) is 6.92 Å². The zero-order chi connectivity index (χ0) is 17.3. The van der Waals surface area contributed by atoms with Crippen molar-refractivity contribution in [3.05, 3.63) is 40.4 Å². The number of allylic oxidation sites excluding steroid dienone is 1. The lowest BCUT2D eigenvalue weighted by atomic mass is 9.67. The highest BCUT2D eigenvalue weighted by atomic mass is 35.5. The van der Waals surface area contributed by atoms with E-state index in [1.807, 2.05) is 12.1 Å². The summed E-state index contributed by atoms with van der Waals surface area (Å²) in [6, 6.07) is 6.21. The molecular weight excluding hydrogens is 322 g/mol. The monoisotopic (exact) mass is 347 g/mol. The van der Waals surface area contributed by atoms with E-state index in [1.165, 1.54) is 5.56 Å². The van der Waals surface area contributed by atoms with Gasteiger partial charge in [-0.2, -0.15) is 0 Å². The molecule has 1 N–H and O–H groups in total. The number of nitrogens with zero attached hydrogens (tertiary/aromatic N) is 1. The van der Waals surface area contributed by atoms with Crippen LogP contribution in [-0.2, 0) is 4.79 Å². The third kappa shape index (κ3) is 3.46. The minimum atomic E-state index is -0.707. The molecule has 1 heterocycles. The maximum absolute atomic E-state index is 11.2. The van der Waals surface area contributed by atoms with Crippen LogP contribution in [0, 0.1) is 18.3 Å². The summed E-state index contributed by atoms with van der Waals surface area (Å²) >= 11 is 6.38. The molecule has 0 amide bonds. The first kappa shape index (κ1) is 17.3. The maximum atomic E-state index is 11.2. The average molecular weight is 348 g/mol. The second-order valence-electron chi connectivity index (χ2n) is 7.49. The van der Waals surface area contributed by atoms with Crippen molar-refractivity contribution in [2.45, 2.75) is 46.0 Å². The van der Waals surface area contributed by atoms with Crippen molar-refractivity contribution in [1.29, 1.82) is 0 Å². The molecule has 1 fully saturated rings. The van der Waals surface area contributed by atoms with Crippen molar-refractivity contribution in [2.75, 3.05) is 18.0 Å². The Kier molecular flexibility index (Phi) is 4.91. The molecule has 3 nitrogen and oxygen atoms in total. The molecule has 3 rings (SSSR count). The van der Waals surface area contributed by atoms with Gasteiger partial charge in [-0.3, -0.25) is 4.79 Å². The van der Waals surface area contributed by atoms with Gasteiger partial charge >= 0.3 is 5.97 Å². The van der Waals surface area contributed by atoms with Crippen LogP contribution in [0.25, 0.3) is 0 Å². The molecule has 1 aromatic rings. The van der Waals surface area contributed by atoms with Gasteiger partial charge in [0.15, 0.2) is 0 Å². The van der Waals surface area contributed by atoms with Crippen LogP contribution in [0.1, 0.15) is 44.6 Å². The van der Waals surface area contributed by atoms with Crippen LogP contribution < -0.4 is 4.90 Å². The zero-order valence-electron chi connectivity index (χ0n) is 14.5. The smallest absolute Gasteiger partial charge is 0.310 e. The van der Waals surface area contributed by atoms with Crippen LogP contribution >= 0.6 is 11.6 Å². The van der Waals surface area contributed by atoms with Gasteiger partial charge in [-0.25, -0.2) is 0 Å². The van der Waals surface area contributed by atoms with E-state index in [0.717, 1.165) is 61.5 Å². The summed E-state index contributed by atoms with van der Waals surface area (Å²) in [5.41, 5.74) is 3.85. The number of hydrogen-bond acceptors (Lipinski definition) is 2. The molecule has 0 radical (unpaired) electrons. The number of carboxylic acid groups (broad SMARTS) is 1. The highest BCUT2D eigenvalue weighted by Crippen LogP contribution is 2.46. The third-order valence-corrected chi connectivity index (χ3v) is 6.25. The number of carboxylic acids is 1. The molecule has 1 atom stereocenters. The third-order valence-electron chi connectivity index (χ3n) is 5.93. The van der Waals surface area contributed by atoms with Crippen LogP contribution in [0.4, 0.5) is 5.69 Å². The molecule has 1 unspecified atom stereocenters. The molecule has 4 heteroatoms. The van der Waals surface area contributed by atoms with Crippen LogP contribution in [0.3, 0.4) is 0 Å². The number of anilines is 1. The Morgan fingerprint density at radius 1 is 1.29 bits per heavy atom. The fourth-order valence-electron chi connectivity index (χ4n) is 4.05. The molecule has 1 spiro atoms. The maximum Gasteiger partial charge on any atom is 0.310 e. The lowest BCUT2D eigenvalue weighted by Crippen LogP contribution is -2.41. The van der Waals surface area contributed by atoms with Crippen LogP contribution in [0.15, 0.2) is 29.8 Å². The quantitative estimate of drug-likeness (QED) is 0.776. The molecular formula is C20H26ClNO2. The SMILES string of the molecule is Cc1ccc(Cl)c(N2CCC3(CC=C(C(C)C(=O)O)CC3)CC2)c1. The van der Waals surface area contributed by atoms with Crippen molar-refractivity contribution >= 4 is 23.3 Å². The Labute approximate surface area is 149 Å². The number of hydrogen-bond donors (Lipinski definition) is 1. The number of rotatable bonds is 3. The van der Waals surface area contributed by atoms with E-state index in [0.29, 0.717) is 5.41 Å². The first-order chi connectivity index (χ1) is 11.4. The fraction of sp³-hybridized carbons (Fsp3) is 0.550. The Morgan fingerprint density at radius 2 is 2.00 bits per heavy atom. The number of halogens is 1. The largest absolute Gasteiger partial charge is 0.481 e. The van der Waals surface area contributed by atoms with E-state index < -0.39 is 5.97 Å². The Balaban J connectivity index is 1.65. The molecule has 0 bridgehead atoms. The molecule has 0 aromatic heterocycles. The van der Waals surface area contributed by atoms with Crippen molar-refractivity contribution in [1.82, 2.24) is 0 Å². The molecule has 2 aliphatic rings. The summed E-state index contributed by atoms with van der Waals surface area (Å²) in [5, 5.41) is 10.0. The number of aliphatic carboxylic acids is 1. The van der Waals surface area contributed by atoms with Gasteiger partial charge in [-0.15, -0.1) is 0 Å². The topological polar surface area (TPSA) is 40.5 Å². The number of aryl methyl sites for hydroxylation is 1. The minimum Gasteiger partial charge on any atom is -0.481 e. The Bertz CT molecular complexity index is 660. The Hall–Kier alpha value is -1.48. The summed E-state index contributed by atoms with van der Waals surface area (Å²) in [5.74, 6) is -1.05. The molecule has 1 aliphatic heterocycles. The lowest BCUT2D eigenvalue weighted by Gasteiger charge is -2.45. The summed E-state index contributed by atoms with van der Waals surface area (Å²) in [6.07, 6.45) is 7.59. The number of piperidine rings is 1. The van der Waals surface area contributed by atoms with Gasteiger partial charge in [-0.1, -0.05) is 29.3 Å². The van der Waals surface area contributed by atoms with Gasteiger partial charge in [0.05, 0.1) is 16.6 Å². The first-order valence-corrected chi connectivity index (χ1v) is 9.21. The van der Waals surface area contributed by atoms with Crippen LogP contribution in [0.5, 0.6) is 0 Å². The zero-order valence-corrected chi connectivity index (χ0v) is 15.3. The lowest BCUT2D eigenvalue weighted by molar-refractivity contribution is -0.140. The fourth-order valence-corrected chi connectivity index (χ4v) is 4.29. The number of benzene rings is 1. The normalized spacial score (nSPS) is 21.5. The summed E-state index contributed by atoms with van der Waals surface area (Å²) in [6.45, 7) is 5.96. The standard InChI is InChI=1S/C20H26ClNO2/c1-14-3-4-17(21)18(13-14)22-11-9-20(10-12-22)7-5-16(6-8-20)15(2)19(23)24/h3-5,13,15H,6-12H2,1-2H3,(H,23,24). The molecule has 1 aliphatic carbocycles. The van der Waals surface area contributed by atoms with E-state index in [4.69, 9.17) is 11.6 Å². The van der Waals surface area contributed by atoms with E-state index in [9.17, 15) is 9.90 Å². The predicted molar refractivity (Wildman–Crippen MR) is 98.8 cm³/mol. The minimum absolute atomic E-state index is 0.339. The van der Waals surface area contributed by atoms with Gasteiger partial charge in [0.1, 0.15) is 0 Å². The summed E-state index contributed by atoms with van der Waals surface area (Å²) < 4.78 is 0.